The molecule has 2 aromatic rings. The van der Waals surface area contributed by atoms with Crippen LogP contribution in [0.3, 0.4) is 0 Å². The standard InChI is InChI=1S/C14H17N3OS/c1-10-16-8-12(19-10)9-17-13(18)14(2,15)11-6-4-3-5-7-11/h3-8H,9,15H2,1-2H3,(H,17,18). The van der Waals surface area contributed by atoms with E-state index in [9.17, 15) is 4.79 Å². The molecule has 19 heavy (non-hydrogen) atoms. The first-order chi connectivity index (χ1) is 9.00. The number of aryl methyl sites for hydroxylation is 1. The van der Waals surface area contributed by atoms with Crippen LogP contribution in [0.1, 0.15) is 22.4 Å². The lowest BCUT2D eigenvalue weighted by atomic mass is 9.92. The maximum atomic E-state index is 12.2. The second-order valence-electron chi connectivity index (χ2n) is 4.60. The number of amides is 1. The number of hydrogen-bond acceptors (Lipinski definition) is 4. The summed E-state index contributed by atoms with van der Waals surface area (Å²) < 4.78 is 0. The van der Waals surface area contributed by atoms with Crippen molar-refractivity contribution in [3.05, 3.63) is 52.0 Å². The Labute approximate surface area is 116 Å². The summed E-state index contributed by atoms with van der Waals surface area (Å²) >= 11 is 1.57. The Hall–Kier alpha value is -1.72. The Balaban J connectivity index is 2.03. The van der Waals surface area contributed by atoms with Gasteiger partial charge in [0.25, 0.3) is 0 Å². The molecule has 1 heterocycles. The topological polar surface area (TPSA) is 68.0 Å². The molecule has 1 aromatic heterocycles. The van der Waals surface area contributed by atoms with Gasteiger partial charge in [-0.3, -0.25) is 4.79 Å². The minimum absolute atomic E-state index is 0.190. The van der Waals surface area contributed by atoms with Crippen molar-refractivity contribution in [1.82, 2.24) is 10.3 Å². The molecule has 5 heteroatoms. The van der Waals surface area contributed by atoms with Crippen molar-refractivity contribution in [2.75, 3.05) is 0 Å². The quantitative estimate of drug-likeness (QED) is 0.896. The molecule has 0 aliphatic rings. The smallest absolute Gasteiger partial charge is 0.244 e. The molecular formula is C14H17N3OS. The Bertz CT molecular complexity index is 563. The van der Waals surface area contributed by atoms with Crippen LogP contribution >= 0.6 is 11.3 Å². The first-order valence-electron chi connectivity index (χ1n) is 6.04. The van der Waals surface area contributed by atoms with Crippen LogP contribution in [0.4, 0.5) is 0 Å². The van der Waals surface area contributed by atoms with Gasteiger partial charge in [-0.05, 0) is 19.4 Å². The van der Waals surface area contributed by atoms with Gasteiger partial charge in [-0.1, -0.05) is 30.3 Å². The van der Waals surface area contributed by atoms with Crippen LogP contribution in [-0.2, 0) is 16.9 Å². The highest BCUT2D eigenvalue weighted by Gasteiger charge is 2.29. The molecule has 1 unspecified atom stereocenters. The van der Waals surface area contributed by atoms with Gasteiger partial charge in [-0.2, -0.15) is 0 Å². The number of nitrogens with zero attached hydrogens (tertiary/aromatic N) is 1. The van der Waals surface area contributed by atoms with Gasteiger partial charge < -0.3 is 11.1 Å². The van der Waals surface area contributed by atoms with Crippen LogP contribution in [-0.4, -0.2) is 10.9 Å². The Kier molecular flexibility index (Phi) is 3.97. The van der Waals surface area contributed by atoms with E-state index in [0.29, 0.717) is 6.54 Å². The third-order valence-corrected chi connectivity index (χ3v) is 3.85. The number of nitrogens with one attached hydrogen (secondary N) is 1. The zero-order valence-electron chi connectivity index (χ0n) is 11.0. The van der Waals surface area contributed by atoms with E-state index in [1.165, 1.54) is 0 Å². The molecule has 0 radical (unpaired) electrons. The van der Waals surface area contributed by atoms with Crippen LogP contribution < -0.4 is 11.1 Å². The molecule has 0 fully saturated rings. The molecule has 0 spiro atoms. The van der Waals surface area contributed by atoms with E-state index in [0.717, 1.165) is 15.4 Å². The fraction of sp³-hybridized carbons (Fsp3) is 0.286. The summed E-state index contributed by atoms with van der Waals surface area (Å²) in [5.74, 6) is -0.190. The number of carbonyl (C=O) groups excluding carboxylic acids is 1. The van der Waals surface area contributed by atoms with E-state index < -0.39 is 5.54 Å². The molecule has 0 aliphatic carbocycles. The van der Waals surface area contributed by atoms with Crippen molar-refractivity contribution < 1.29 is 4.79 Å². The molecule has 100 valence electrons. The summed E-state index contributed by atoms with van der Waals surface area (Å²) in [6, 6.07) is 9.37. The second-order valence-corrected chi connectivity index (χ2v) is 5.92. The van der Waals surface area contributed by atoms with E-state index in [-0.39, 0.29) is 5.91 Å². The molecule has 0 saturated heterocycles. The number of carbonyl (C=O) groups is 1. The molecule has 0 saturated carbocycles. The number of hydrogen-bond donors (Lipinski definition) is 2. The Morgan fingerprint density at radius 3 is 2.68 bits per heavy atom. The van der Waals surface area contributed by atoms with Crippen LogP contribution in [0.5, 0.6) is 0 Å². The Morgan fingerprint density at radius 2 is 2.11 bits per heavy atom. The van der Waals surface area contributed by atoms with Gasteiger partial charge in [-0.15, -0.1) is 11.3 Å². The number of rotatable bonds is 4. The van der Waals surface area contributed by atoms with Gasteiger partial charge in [0, 0.05) is 11.1 Å². The fourth-order valence-electron chi connectivity index (χ4n) is 1.75. The predicted octanol–water partition coefficient (Wildman–Crippen LogP) is 1.94. The third kappa shape index (κ3) is 3.19. The number of nitrogens with two attached hydrogens (primary N) is 1. The van der Waals surface area contributed by atoms with Crippen LogP contribution in [0.2, 0.25) is 0 Å². The minimum atomic E-state index is -1.03. The van der Waals surface area contributed by atoms with Crippen LogP contribution in [0.15, 0.2) is 36.5 Å². The largest absolute Gasteiger partial charge is 0.349 e. The second kappa shape index (κ2) is 5.50. The average molecular weight is 275 g/mol. The van der Waals surface area contributed by atoms with Gasteiger partial charge in [0.15, 0.2) is 0 Å². The van der Waals surface area contributed by atoms with E-state index in [1.54, 1.807) is 24.5 Å². The van der Waals surface area contributed by atoms with E-state index in [4.69, 9.17) is 5.73 Å². The van der Waals surface area contributed by atoms with Crippen LogP contribution in [0, 0.1) is 6.92 Å². The van der Waals surface area contributed by atoms with Gasteiger partial charge in [0.2, 0.25) is 5.91 Å². The van der Waals surface area contributed by atoms with Crippen molar-refractivity contribution in [2.45, 2.75) is 25.9 Å². The van der Waals surface area contributed by atoms with Crippen molar-refractivity contribution in [3.63, 3.8) is 0 Å². The van der Waals surface area contributed by atoms with Crippen molar-refractivity contribution >= 4 is 17.2 Å². The van der Waals surface area contributed by atoms with Gasteiger partial charge >= 0.3 is 0 Å². The van der Waals surface area contributed by atoms with Gasteiger partial charge in [-0.25, -0.2) is 4.98 Å². The van der Waals surface area contributed by atoms with E-state index in [2.05, 4.69) is 10.3 Å². The summed E-state index contributed by atoms with van der Waals surface area (Å²) in [4.78, 5) is 17.4. The molecule has 3 N–H and O–H groups in total. The monoisotopic (exact) mass is 275 g/mol. The zero-order chi connectivity index (χ0) is 13.9. The van der Waals surface area contributed by atoms with Crippen LogP contribution in [0.25, 0.3) is 0 Å². The summed E-state index contributed by atoms with van der Waals surface area (Å²) in [5, 5.41) is 3.85. The molecule has 2 rings (SSSR count). The normalized spacial score (nSPS) is 13.8. The lowest BCUT2D eigenvalue weighted by Crippen LogP contribution is -2.48. The number of thiazole rings is 1. The lowest BCUT2D eigenvalue weighted by molar-refractivity contribution is -0.126. The van der Waals surface area contributed by atoms with Crippen molar-refractivity contribution in [2.24, 2.45) is 5.73 Å². The van der Waals surface area contributed by atoms with E-state index >= 15 is 0 Å². The number of benzene rings is 1. The zero-order valence-corrected chi connectivity index (χ0v) is 11.8. The highest BCUT2D eigenvalue weighted by molar-refractivity contribution is 7.11. The predicted molar refractivity (Wildman–Crippen MR) is 76.7 cm³/mol. The lowest BCUT2D eigenvalue weighted by Gasteiger charge is -2.23. The Morgan fingerprint density at radius 1 is 1.42 bits per heavy atom. The highest BCUT2D eigenvalue weighted by atomic mass is 32.1. The average Bonchev–Trinajstić information content (AvgIpc) is 2.82. The first kappa shape index (κ1) is 13.7. The maximum absolute atomic E-state index is 12.2. The van der Waals surface area contributed by atoms with Crippen molar-refractivity contribution in [1.29, 1.82) is 0 Å². The molecule has 0 bridgehead atoms. The molecular weight excluding hydrogens is 258 g/mol. The first-order valence-corrected chi connectivity index (χ1v) is 6.86. The van der Waals surface area contributed by atoms with E-state index in [1.807, 2.05) is 37.3 Å². The summed E-state index contributed by atoms with van der Waals surface area (Å²) in [7, 11) is 0. The number of aromatic nitrogens is 1. The summed E-state index contributed by atoms with van der Waals surface area (Å²) in [5.41, 5.74) is 5.90. The summed E-state index contributed by atoms with van der Waals surface area (Å²) in [6.45, 7) is 4.12. The fourth-order valence-corrected chi connectivity index (χ4v) is 2.49. The molecule has 4 nitrogen and oxygen atoms in total. The molecule has 1 amide bonds. The van der Waals surface area contributed by atoms with Gasteiger partial charge in [0.05, 0.1) is 11.6 Å². The van der Waals surface area contributed by atoms with Gasteiger partial charge in [0.1, 0.15) is 5.54 Å². The summed E-state index contributed by atoms with van der Waals surface area (Å²) in [6.07, 6.45) is 1.77. The highest BCUT2D eigenvalue weighted by Crippen LogP contribution is 2.18. The SMILES string of the molecule is Cc1ncc(CNC(=O)C(C)(N)c2ccccc2)s1. The molecule has 0 aliphatic heterocycles. The van der Waals surface area contributed by atoms with Crippen molar-refractivity contribution in [3.8, 4) is 0 Å². The molecule has 1 aromatic carbocycles. The maximum Gasteiger partial charge on any atom is 0.244 e. The third-order valence-electron chi connectivity index (χ3n) is 2.94. The molecule has 1 atom stereocenters. The minimum Gasteiger partial charge on any atom is -0.349 e.